The van der Waals surface area contributed by atoms with E-state index in [9.17, 15) is 0 Å². The van der Waals surface area contributed by atoms with E-state index in [1.54, 1.807) is 0 Å². The summed E-state index contributed by atoms with van der Waals surface area (Å²) in [5, 5.41) is 4.71. The van der Waals surface area contributed by atoms with Crippen molar-refractivity contribution in [3.63, 3.8) is 0 Å². The van der Waals surface area contributed by atoms with E-state index in [0.717, 1.165) is 6.42 Å². The van der Waals surface area contributed by atoms with Crippen LogP contribution in [0, 0.1) is 13.8 Å². The van der Waals surface area contributed by atoms with E-state index in [-0.39, 0.29) is 6.04 Å². The van der Waals surface area contributed by atoms with Crippen molar-refractivity contribution in [1.29, 1.82) is 0 Å². The Morgan fingerprint density at radius 2 is 2.00 bits per heavy atom. The normalized spacial score (nSPS) is 19.2. The molecule has 1 aromatic heterocycles. The largest absolute Gasteiger partial charge is 0.328 e. The highest BCUT2D eigenvalue weighted by Crippen LogP contribution is 2.31. The van der Waals surface area contributed by atoms with Gasteiger partial charge < -0.3 is 5.73 Å². The summed E-state index contributed by atoms with van der Waals surface area (Å²) in [4.78, 5) is 0. The lowest BCUT2D eigenvalue weighted by atomic mass is 10.1. The van der Waals surface area contributed by atoms with Crippen LogP contribution in [0.1, 0.15) is 55.6 Å². The minimum Gasteiger partial charge on any atom is -0.328 e. The van der Waals surface area contributed by atoms with E-state index in [4.69, 9.17) is 10.8 Å². The van der Waals surface area contributed by atoms with Gasteiger partial charge in [-0.15, -0.1) is 0 Å². The number of nitrogens with zero attached hydrogens (tertiary/aromatic N) is 2. The van der Waals surface area contributed by atoms with Crippen molar-refractivity contribution in [3.8, 4) is 0 Å². The van der Waals surface area contributed by atoms with E-state index in [2.05, 4.69) is 25.5 Å². The fraction of sp³-hybridized carbons (Fsp3) is 0.769. The van der Waals surface area contributed by atoms with Crippen LogP contribution >= 0.6 is 0 Å². The third-order valence-electron chi connectivity index (χ3n) is 3.67. The summed E-state index contributed by atoms with van der Waals surface area (Å²) in [5.74, 6) is 0. The van der Waals surface area contributed by atoms with E-state index in [1.165, 1.54) is 42.6 Å². The number of rotatable bonds is 3. The lowest BCUT2D eigenvalue weighted by molar-refractivity contribution is 0.454. The van der Waals surface area contributed by atoms with Crippen LogP contribution in [0.25, 0.3) is 0 Å². The lowest BCUT2D eigenvalue weighted by Gasteiger charge is -2.13. The van der Waals surface area contributed by atoms with Crippen LogP contribution in [0.15, 0.2) is 0 Å². The molecule has 1 fully saturated rings. The number of aromatic nitrogens is 2. The van der Waals surface area contributed by atoms with E-state index in [0.29, 0.717) is 6.04 Å². The van der Waals surface area contributed by atoms with Crippen molar-refractivity contribution in [3.05, 3.63) is 17.0 Å². The zero-order valence-electron chi connectivity index (χ0n) is 10.7. The summed E-state index contributed by atoms with van der Waals surface area (Å²) in [6, 6.07) is 0.860. The summed E-state index contributed by atoms with van der Waals surface area (Å²) < 4.78 is 2.25. The molecule has 2 rings (SSSR count). The maximum atomic E-state index is 5.89. The minimum absolute atomic E-state index is 0.221. The Bertz CT molecular complexity index is 359. The average molecular weight is 221 g/mol. The molecule has 2 N–H and O–H groups in total. The van der Waals surface area contributed by atoms with E-state index in [1.807, 2.05) is 0 Å². The van der Waals surface area contributed by atoms with Crippen molar-refractivity contribution >= 4 is 0 Å². The second-order valence-electron chi connectivity index (χ2n) is 5.21. The van der Waals surface area contributed by atoms with Gasteiger partial charge in [0.2, 0.25) is 0 Å². The Morgan fingerprint density at radius 3 is 2.56 bits per heavy atom. The summed E-state index contributed by atoms with van der Waals surface area (Å²) in [5.41, 5.74) is 9.75. The van der Waals surface area contributed by atoms with Gasteiger partial charge in [-0.05, 0) is 45.6 Å². The summed E-state index contributed by atoms with van der Waals surface area (Å²) in [7, 11) is 0. The molecule has 1 heterocycles. The van der Waals surface area contributed by atoms with E-state index < -0.39 is 0 Å². The molecule has 16 heavy (non-hydrogen) atoms. The maximum absolute atomic E-state index is 5.89. The number of hydrogen-bond donors (Lipinski definition) is 1. The number of hydrogen-bond acceptors (Lipinski definition) is 2. The smallest absolute Gasteiger partial charge is 0.0629 e. The predicted octanol–water partition coefficient (Wildman–Crippen LogP) is 2.50. The van der Waals surface area contributed by atoms with Crippen LogP contribution in [-0.4, -0.2) is 15.8 Å². The second kappa shape index (κ2) is 4.58. The maximum Gasteiger partial charge on any atom is 0.0629 e. The fourth-order valence-electron chi connectivity index (χ4n) is 2.82. The molecule has 1 atom stereocenters. The van der Waals surface area contributed by atoms with Crippen LogP contribution in [0.3, 0.4) is 0 Å². The Labute approximate surface area is 98.0 Å². The van der Waals surface area contributed by atoms with Crippen LogP contribution in [-0.2, 0) is 6.42 Å². The molecule has 1 aliphatic rings. The van der Waals surface area contributed by atoms with Crippen LogP contribution in [0.4, 0.5) is 0 Å². The van der Waals surface area contributed by atoms with Gasteiger partial charge in [0.05, 0.1) is 11.7 Å². The molecular weight excluding hydrogens is 198 g/mol. The van der Waals surface area contributed by atoms with Gasteiger partial charge in [-0.25, -0.2) is 0 Å². The first kappa shape index (κ1) is 11.6. The first-order valence-corrected chi connectivity index (χ1v) is 6.39. The third kappa shape index (κ3) is 2.14. The first-order valence-electron chi connectivity index (χ1n) is 6.39. The Hall–Kier alpha value is -0.830. The van der Waals surface area contributed by atoms with Gasteiger partial charge in [-0.1, -0.05) is 12.8 Å². The molecular formula is C13H23N3. The van der Waals surface area contributed by atoms with Crippen molar-refractivity contribution in [2.75, 3.05) is 0 Å². The molecule has 1 unspecified atom stereocenters. The highest BCUT2D eigenvalue weighted by atomic mass is 15.3. The molecule has 1 aliphatic carbocycles. The predicted molar refractivity (Wildman–Crippen MR) is 66.6 cm³/mol. The highest BCUT2D eigenvalue weighted by molar-refractivity contribution is 5.26. The second-order valence-corrected chi connectivity index (χ2v) is 5.21. The topological polar surface area (TPSA) is 43.8 Å². The SMILES string of the molecule is Cc1nn(C2CCCC2)c(C)c1CC(C)N. The molecule has 0 amide bonds. The van der Waals surface area contributed by atoms with Gasteiger partial charge in [0.15, 0.2) is 0 Å². The first-order chi connectivity index (χ1) is 7.59. The zero-order valence-corrected chi connectivity index (χ0v) is 10.7. The van der Waals surface area contributed by atoms with Crippen molar-refractivity contribution < 1.29 is 0 Å². The van der Waals surface area contributed by atoms with Gasteiger partial charge in [0.25, 0.3) is 0 Å². The van der Waals surface area contributed by atoms with Gasteiger partial charge in [-0.3, -0.25) is 4.68 Å². The average Bonchev–Trinajstić information content (AvgIpc) is 2.80. The van der Waals surface area contributed by atoms with Crippen LogP contribution in [0.5, 0.6) is 0 Å². The van der Waals surface area contributed by atoms with Gasteiger partial charge in [-0.2, -0.15) is 5.10 Å². The molecule has 3 heteroatoms. The minimum atomic E-state index is 0.221. The lowest BCUT2D eigenvalue weighted by Crippen LogP contribution is -2.18. The standard InChI is InChI=1S/C13H23N3/c1-9(14)8-13-10(2)15-16(11(13)3)12-6-4-5-7-12/h9,12H,4-8,14H2,1-3H3. The molecule has 3 nitrogen and oxygen atoms in total. The summed E-state index contributed by atoms with van der Waals surface area (Å²) >= 11 is 0. The summed E-state index contributed by atoms with van der Waals surface area (Å²) in [6.45, 7) is 6.36. The molecule has 0 aliphatic heterocycles. The fourth-order valence-corrected chi connectivity index (χ4v) is 2.82. The Morgan fingerprint density at radius 1 is 1.38 bits per heavy atom. The molecule has 1 aromatic rings. The van der Waals surface area contributed by atoms with Gasteiger partial charge >= 0.3 is 0 Å². The van der Waals surface area contributed by atoms with Crippen LogP contribution < -0.4 is 5.73 Å². The quantitative estimate of drug-likeness (QED) is 0.852. The summed E-state index contributed by atoms with van der Waals surface area (Å²) in [6.07, 6.45) is 6.24. The van der Waals surface area contributed by atoms with Crippen molar-refractivity contribution in [2.24, 2.45) is 5.73 Å². The molecule has 0 saturated heterocycles. The number of nitrogens with two attached hydrogens (primary N) is 1. The van der Waals surface area contributed by atoms with Gasteiger partial charge in [0.1, 0.15) is 0 Å². The van der Waals surface area contributed by atoms with Crippen molar-refractivity contribution in [2.45, 2.75) is 65.0 Å². The zero-order chi connectivity index (χ0) is 11.7. The number of aryl methyl sites for hydroxylation is 1. The molecule has 90 valence electrons. The molecule has 0 radical (unpaired) electrons. The van der Waals surface area contributed by atoms with Crippen molar-refractivity contribution in [1.82, 2.24) is 9.78 Å². The third-order valence-corrected chi connectivity index (χ3v) is 3.67. The Kier molecular flexibility index (Phi) is 3.33. The molecule has 0 aromatic carbocycles. The highest BCUT2D eigenvalue weighted by Gasteiger charge is 2.22. The molecule has 0 spiro atoms. The van der Waals surface area contributed by atoms with Gasteiger partial charge in [0, 0.05) is 11.7 Å². The van der Waals surface area contributed by atoms with Crippen LogP contribution in [0.2, 0.25) is 0 Å². The van der Waals surface area contributed by atoms with E-state index >= 15 is 0 Å². The monoisotopic (exact) mass is 221 g/mol. The molecule has 0 bridgehead atoms. The Balaban J connectivity index is 2.26. The molecule has 1 saturated carbocycles.